The van der Waals surface area contributed by atoms with Gasteiger partial charge in [-0.25, -0.2) is 0 Å². The molecule has 5 saturated carbocycles. The highest BCUT2D eigenvalue weighted by atomic mass is 14.7. The lowest BCUT2D eigenvalue weighted by molar-refractivity contribution is -0.120. The molecular formula is C16H27N. The van der Waals surface area contributed by atoms with E-state index in [1.165, 1.54) is 12.8 Å². The molecule has 5 fully saturated rings. The molecule has 1 unspecified atom stereocenters. The lowest BCUT2D eigenvalue weighted by Crippen LogP contribution is -2.54. The maximum Gasteiger partial charge on any atom is 0.00389 e. The van der Waals surface area contributed by atoms with Crippen LogP contribution < -0.4 is 5.73 Å². The molecule has 5 aliphatic rings. The molecule has 0 aliphatic heterocycles. The molecule has 0 aromatic rings. The van der Waals surface area contributed by atoms with Crippen LogP contribution in [0.5, 0.6) is 0 Å². The molecule has 0 amide bonds. The van der Waals surface area contributed by atoms with E-state index in [1.807, 2.05) is 0 Å². The van der Waals surface area contributed by atoms with Crippen molar-refractivity contribution in [2.45, 2.75) is 64.3 Å². The predicted octanol–water partition coefficient (Wildman–Crippen LogP) is 3.58. The third-order valence-corrected chi connectivity index (χ3v) is 6.87. The van der Waals surface area contributed by atoms with E-state index in [-0.39, 0.29) is 0 Å². The van der Waals surface area contributed by atoms with Gasteiger partial charge in [-0.05, 0) is 93.3 Å². The second-order valence-electron chi connectivity index (χ2n) is 8.07. The van der Waals surface area contributed by atoms with E-state index < -0.39 is 0 Å². The molecule has 2 N–H and O–H groups in total. The zero-order valence-corrected chi connectivity index (χ0v) is 11.2. The van der Waals surface area contributed by atoms with Gasteiger partial charge in [-0.15, -0.1) is 0 Å². The average Bonchev–Trinajstić information content (AvgIpc) is 2.10. The van der Waals surface area contributed by atoms with Crippen LogP contribution in [0.2, 0.25) is 0 Å². The molecule has 5 aliphatic carbocycles. The zero-order chi connectivity index (χ0) is 11.6. The molecule has 1 heteroatoms. The number of nitrogens with two attached hydrogens (primary N) is 1. The van der Waals surface area contributed by atoms with E-state index in [2.05, 4.69) is 6.92 Å². The fraction of sp³-hybridized carbons (Fsp3) is 1.00. The van der Waals surface area contributed by atoms with Crippen LogP contribution in [0.3, 0.4) is 0 Å². The highest BCUT2D eigenvalue weighted by Crippen LogP contribution is 2.66. The fourth-order valence-corrected chi connectivity index (χ4v) is 6.27. The molecule has 1 atom stereocenters. The zero-order valence-electron chi connectivity index (χ0n) is 11.2. The largest absolute Gasteiger partial charge is 0.328 e. The minimum Gasteiger partial charge on any atom is -0.328 e. The van der Waals surface area contributed by atoms with E-state index in [0.717, 1.165) is 35.0 Å². The highest BCUT2D eigenvalue weighted by Gasteiger charge is 2.56. The molecule has 5 rings (SSSR count). The highest BCUT2D eigenvalue weighted by molar-refractivity contribution is 5.07. The Morgan fingerprint density at radius 2 is 1.35 bits per heavy atom. The Bertz CT molecular complexity index is 278. The Labute approximate surface area is 106 Å². The SMILES string of the molecule is CC(N)C1CC(C23CC4CC(CC(C4)C2)C3)C1. The summed E-state index contributed by atoms with van der Waals surface area (Å²) in [6.45, 7) is 2.21. The molecule has 0 radical (unpaired) electrons. The van der Waals surface area contributed by atoms with Crippen molar-refractivity contribution in [3.8, 4) is 0 Å². The van der Waals surface area contributed by atoms with Crippen molar-refractivity contribution in [3.63, 3.8) is 0 Å². The van der Waals surface area contributed by atoms with E-state index in [4.69, 9.17) is 5.73 Å². The van der Waals surface area contributed by atoms with Gasteiger partial charge in [0, 0.05) is 6.04 Å². The Balaban J connectivity index is 1.51. The molecule has 0 aromatic heterocycles. The van der Waals surface area contributed by atoms with Gasteiger partial charge in [-0.2, -0.15) is 0 Å². The third-order valence-electron chi connectivity index (χ3n) is 6.87. The van der Waals surface area contributed by atoms with Crippen LogP contribution in [0.1, 0.15) is 58.3 Å². The molecule has 0 aromatic carbocycles. The molecule has 1 nitrogen and oxygen atoms in total. The average molecular weight is 233 g/mol. The molecule has 17 heavy (non-hydrogen) atoms. The summed E-state index contributed by atoms with van der Waals surface area (Å²) in [6, 6.07) is 0.445. The molecule has 4 bridgehead atoms. The topological polar surface area (TPSA) is 26.0 Å². The molecule has 96 valence electrons. The lowest BCUT2D eigenvalue weighted by atomic mass is 9.43. The van der Waals surface area contributed by atoms with Crippen molar-refractivity contribution in [2.24, 2.45) is 40.7 Å². The van der Waals surface area contributed by atoms with Gasteiger partial charge in [-0.1, -0.05) is 0 Å². The molecule has 0 saturated heterocycles. The van der Waals surface area contributed by atoms with Crippen molar-refractivity contribution in [1.29, 1.82) is 0 Å². The minimum absolute atomic E-state index is 0.445. The van der Waals surface area contributed by atoms with Gasteiger partial charge in [0.1, 0.15) is 0 Å². The van der Waals surface area contributed by atoms with Crippen LogP contribution in [0.25, 0.3) is 0 Å². The van der Waals surface area contributed by atoms with E-state index >= 15 is 0 Å². The summed E-state index contributed by atoms with van der Waals surface area (Å²) >= 11 is 0. The number of hydrogen-bond acceptors (Lipinski definition) is 1. The van der Waals surface area contributed by atoms with E-state index in [0.29, 0.717) is 6.04 Å². The second kappa shape index (κ2) is 3.50. The first kappa shape index (κ1) is 10.8. The van der Waals surface area contributed by atoms with Gasteiger partial charge in [-0.3, -0.25) is 0 Å². The fourth-order valence-electron chi connectivity index (χ4n) is 6.27. The van der Waals surface area contributed by atoms with Crippen LogP contribution in [0.15, 0.2) is 0 Å². The maximum atomic E-state index is 6.05. The Morgan fingerprint density at radius 3 is 1.76 bits per heavy atom. The van der Waals surface area contributed by atoms with Gasteiger partial charge >= 0.3 is 0 Å². The summed E-state index contributed by atoms with van der Waals surface area (Å²) in [5.74, 6) is 5.28. The Kier molecular flexibility index (Phi) is 2.23. The van der Waals surface area contributed by atoms with Crippen LogP contribution in [0.4, 0.5) is 0 Å². The van der Waals surface area contributed by atoms with Crippen molar-refractivity contribution in [2.75, 3.05) is 0 Å². The number of rotatable bonds is 2. The summed E-state index contributed by atoms with van der Waals surface area (Å²) in [4.78, 5) is 0. The summed E-state index contributed by atoms with van der Waals surface area (Å²) < 4.78 is 0. The summed E-state index contributed by atoms with van der Waals surface area (Å²) in [7, 11) is 0. The predicted molar refractivity (Wildman–Crippen MR) is 70.5 cm³/mol. The first-order valence-corrected chi connectivity index (χ1v) is 7.90. The second-order valence-corrected chi connectivity index (χ2v) is 8.07. The van der Waals surface area contributed by atoms with Gasteiger partial charge in [0.25, 0.3) is 0 Å². The van der Waals surface area contributed by atoms with Crippen LogP contribution in [-0.4, -0.2) is 6.04 Å². The quantitative estimate of drug-likeness (QED) is 0.775. The van der Waals surface area contributed by atoms with Crippen molar-refractivity contribution >= 4 is 0 Å². The summed E-state index contributed by atoms with van der Waals surface area (Å²) in [5, 5.41) is 0. The third kappa shape index (κ3) is 1.54. The summed E-state index contributed by atoms with van der Waals surface area (Å²) in [5.41, 5.74) is 6.86. The standard InChI is InChI=1S/C16H27N/c1-10(17)14-5-15(6-14)16-7-11-2-12(8-16)4-13(3-11)9-16/h10-15H,2-9,17H2,1H3. The summed E-state index contributed by atoms with van der Waals surface area (Å²) in [6.07, 6.45) is 12.5. The van der Waals surface area contributed by atoms with Crippen LogP contribution in [0, 0.1) is 35.0 Å². The number of hydrogen-bond donors (Lipinski definition) is 1. The smallest absolute Gasteiger partial charge is 0.00389 e. The van der Waals surface area contributed by atoms with Crippen molar-refractivity contribution in [1.82, 2.24) is 0 Å². The van der Waals surface area contributed by atoms with Gasteiger partial charge in [0.2, 0.25) is 0 Å². The Morgan fingerprint density at radius 1 is 0.882 bits per heavy atom. The normalized spacial score (nSPS) is 57.9. The van der Waals surface area contributed by atoms with Crippen molar-refractivity contribution < 1.29 is 0 Å². The minimum atomic E-state index is 0.445. The molecule has 0 heterocycles. The maximum absolute atomic E-state index is 6.05. The monoisotopic (exact) mass is 233 g/mol. The van der Waals surface area contributed by atoms with Gasteiger partial charge < -0.3 is 5.73 Å². The Hall–Kier alpha value is -0.0400. The van der Waals surface area contributed by atoms with E-state index in [1.54, 1.807) is 38.5 Å². The van der Waals surface area contributed by atoms with Crippen LogP contribution >= 0.6 is 0 Å². The van der Waals surface area contributed by atoms with E-state index in [9.17, 15) is 0 Å². The lowest BCUT2D eigenvalue weighted by Gasteiger charge is -2.62. The van der Waals surface area contributed by atoms with Crippen molar-refractivity contribution in [3.05, 3.63) is 0 Å². The first-order chi connectivity index (χ1) is 8.14. The van der Waals surface area contributed by atoms with Crippen LogP contribution in [-0.2, 0) is 0 Å². The molecule has 0 spiro atoms. The van der Waals surface area contributed by atoms with Gasteiger partial charge in [0.15, 0.2) is 0 Å². The first-order valence-electron chi connectivity index (χ1n) is 7.90. The molecular weight excluding hydrogens is 206 g/mol. The van der Waals surface area contributed by atoms with Gasteiger partial charge in [0.05, 0.1) is 0 Å².